The standard InChI is InChI=1S/C15H30ClN3/c1-17-8-3-2-5-15(17)6-11-18-9-4-10-19(12-7-16)14-13-18/h15H,2-14H2,1H3. The zero-order chi connectivity index (χ0) is 13.5. The van der Waals surface area contributed by atoms with Crippen molar-refractivity contribution in [1.29, 1.82) is 0 Å². The monoisotopic (exact) mass is 287 g/mol. The maximum atomic E-state index is 5.84. The van der Waals surface area contributed by atoms with Crippen LogP contribution in [0.5, 0.6) is 0 Å². The highest BCUT2D eigenvalue weighted by atomic mass is 35.5. The summed E-state index contributed by atoms with van der Waals surface area (Å²) in [7, 11) is 2.30. The van der Waals surface area contributed by atoms with Crippen molar-refractivity contribution < 1.29 is 0 Å². The number of halogens is 1. The highest BCUT2D eigenvalue weighted by molar-refractivity contribution is 6.18. The molecule has 1 unspecified atom stereocenters. The van der Waals surface area contributed by atoms with Crippen LogP contribution in [0, 0.1) is 0 Å². The minimum absolute atomic E-state index is 0.771. The number of piperidine rings is 1. The fraction of sp³-hybridized carbons (Fsp3) is 1.00. The number of alkyl halides is 1. The molecule has 3 nitrogen and oxygen atoms in total. The Labute approximate surface area is 123 Å². The Balaban J connectivity index is 1.68. The minimum Gasteiger partial charge on any atom is -0.303 e. The maximum Gasteiger partial charge on any atom is 0.0351 e. The van der Waals surface area contributed by atoms with E-state index in [9.17, 15) is 0 Å². The van der Waals surface area contributed by atoms with Crippen LogP contribution in [0.3, 0.4) is 0 Å². The number of hydrogen-bond acceptors (Lipinski definition) is 3. The summed E-state index contributed by atoms with van der Waals surface area (Å²) in [6.45, 7) is 8.57. The first kappa shape index (κ1) is 15.6. The molecule has 2 heterocycles. The van der Waals surface area contributed by atoms with E-state index in [4.69, 9.17) is 11.6 Å². The van der Waals surface area contributed by atoms with E-state index in [0.717, 1.165) is 18.5 Å². The van der Waals surface area contributed by atoms with Gasteiger partial charge < -0.3 is 14.7 Å². The van der Waals surface area contributed by atoms with Gasteiger partial charge in [0.25, 0.3) is 0 Å². The van der Waals surface area contributed by atoms with Crippen molar-refractivity contribution in [3.63, 3.8) is 0 Å². The van der Waals surface area contributed by atoms with Crippen LogP contribution in [0.4, 0.5) is 0 Å². The number of hydrogen-bond donors (Lipinski definition) is 0. The topological polar surface area (TPSA) is 9.72 Å². The molecule has 0 saturated carbocycles. The number of nitrogens with zero attached hydrogens (tertiary/aromatic N) is 3. The average molecular weight is 288 g/mol. The van der Waals surface area contributed by atoms with Crippen molar-refractivity contribution in [3.8, 4) is 0 Å². The van der Waals surface area contributed by atoms with Gasteiger partial charge in [0, 0.05) is 31.6 Å². The first-order valence-electron chi connectivity index (χ1n) is 8.00. The molecule has 0 aromatic rings. The molecule has 0 radical (unpaired) electrons. The number of rotatable bonds is 5. The fourth-order valence-electron chi connectivity index (χ4n) is 3.43. The van der Waals surface area contributed by atoms with E-state index in [1.165, 1.54) is 71.4 Å². The van der Waals surface area contributed by atoms with Crippen molar-refractivity contribution in [3.05, 3.63) is 0 Å². The molecule has 112 valence electrons. The smallest absolute Gasteiger partial charge is 0.0351 e. The third-order valence-corrected chi connectivity index (χ3v) is 4.95. The second-order valence-electron chi connectivity index (χ2n) is 6.14. The molecule has 2 fully saturated rings. The molecule has 1 atom stereocenters. The van der Waals surface area contributed by atoms with Crippen molar-refractivity contribution in [2.45, 2.75) is 38.1 Å². The van der Waals surface area contributed by atoms with Gasteiger partial charge >= 0.3 is 0 Å². The highest BCUT2D eigenvalue weighted by Crippen LogP contribution is 2.18. The third kappa shape index (κ3) is 5.22. The first-order chi connectivity index (χ1) is 9.29. The molecule has 4 heteroatoms. The van der Waals surface area contributed by atoms with Gasteiger partial charge in [-0.05, 0) is 58.9 Å². The lowest BCUT2D eigenvalue weighted by Crippen LogP contribution is -2.39. The van der Waals surface area contributed by atoms with Crippen LogP contribution in [0.2, 0.25) is 0 Å². The lowest BCUT2D eigenvalue weighted by atomic mass is 10.00. The van der Waals surface area contributed by atoms with Crippen molar-refractivity contribution in [2.75, 3.05) is 58.7 Å². The normalized spacial score (nSPS) is 28.4. The summed E-state index contributed by atoms with van der Waals surface area (Å²) in [5.41, 5.74) is 0. The third-order valence-electron chi connectivity index (χ3n) is 4.78. The summed E-state index contributed by atoms with van der Waals surface area (Å²) in [4.78, 5) is 7.75. The van der Waals surface area contributed by atoms with Crippen LogP contribution < -0.4 is 0 Å². The van der Waals surface area contributed by atoms with Crippen molar-refractivity contribution >= 4 is 11.6 Å². The van der Waals surface area contributed by atoms with E-state index in [1.807, 2.05) is 0 Å². The minimum atomic E-state index is 0.771. The summed E-state index contributed by atoms with van der Waals surface area (Å²) in [6.07, 6.45) is 6.88. The van der Waals surface area contributed by atoms with Crippen molar-refractivity contribution in [1.82, 2.24) is 14.7 Å². The molecular formula is C15H30ClN3. The van der Waals surface area contributed by atoms with Gasteiger partial charge in [-0.25, -0.2) is 0 Å². The predicted molar refractivity (Wildman–Crippen MR) is 83.1 cm³/mol. The summed E-state index contributed by atoms with van der Waals surface area (Å²) in [5.74, 6) is 0.771. The molecule has 0 bridgehead atoms. The molecule has 0 amide bonds. The Bertz CT molecular complexity index is 250. The van der Waals surface area contributed by atoms with Gasteiger partial charge in [0.1, 0.15) is 0 Å². The van der Waals surface area contributed by atoms with Gasteiger partial charge in [-0.15, -0.1) is 11.6 Å². The van der Waals surface area contributed by atoms with E-state index in [-0.39, 0.29) is 0 Å². The summed E-state index contributed by atoms with van der Waals surface area (Å²) in [6, 6.07) is 0.830. The number of likely N-dealkylation sites (tertiary alicyclic amines) is 1. The van der Waals surface area contributed by atoms with Crippen LogP contribution >= 0.6 is 11.6 Å². The fourth-order valence-corrected chi connectivity index (χ4v) is 3.67. The Morgan fingerprint density at radius 1 is 0.895 bits per heavy atom. The van der Waals surface area contributed by atoms with E-state index < -0.39 is 0 Å². The molecule has 2 rings (SSSR count). The largest absolute Gasteiger partial charge is 0.303 e. The summed E-state index contributed by atoms with van der Waals surface area (Å²) < 4.78 is 0. The lowest BCUT2D eigenvalue weighted by Gasteiger charge is -2.34. The van der Waals surface area contributed by atoms with Crippen LogP contribution in [0.15, 0.2) is 0 Å². The quantitative estimate of drug-likeness (QED) is 0.717. The molecule has 0 aliphatic carbocycles. The predicted octanol–water partition coefficient (Wildman–Crippen LogP) is 2.11. The van der Waals surface area contributed by atoms with Gasteiger partial charge in [0.15, 0.2) is 0 Å². The SMILES string of the molecule is CN1CCCCC1CCN1CCCN(CCCl)CC1. The lowest BCUT2D eigenvalue weighted by molar-refractivity contribution is 0.154. The Morgan fingerprint density at radius 2 is 1.63 bits per heavy atom. The highest BCUT2D eigenvalue weighted by Gasteiger charge is 2.20. The van der Waals surface area contributed by atoms with Crippen LogP contribution in [-0.4, -0.2) is 79.5 Å². The molecule has 2 saturated heterocycles. The Morgan fingerprint density at radius 3 is 2.32 bits per heavy atom. The van der Waals surface area contributed by atoms with E-state index in [1.54, 1.807) is 0 Å². The maximum absolute atomic E-state index is 5.84. The van der Waals surface area contributed by atoms with E-state index >= 15 is 0 Å². The first-order valence-corrected chi connectivity index (χ1v) is 8.54. The molecule has 2 aliphatic heterocycles. The molecule has 0 aromatic carbocycles. The summed E-state index contributed by atoms with van der Waals surface area (Å²) in [5, 5.41) is 0. The van der Waals surface area contributed by atoms with Crippen LogP contribution in [0.25, 0.3) is 0 Å². The molecule has 0 N–H and O–H groups in total. The second kappa shape index (κ2) is 8.46. The van der Waals surface area contributed by atoms with E-state index in [0.29, 0.717) is 0 Å². The Kier molecular flexibility index (Phi) is 6.92. The van der Waals surface area contributed by atoms with Crippen LogP contribution in [0.1, 0.15) is 32.1 Å². The zero-order valence-electron chi connectivity index (χ0n) is 12.5. The zero-order valence-corrected chi connectivity index (χ0v) is 13.2. The second-order valence-corrected chi connectivity index (χ2v) is 6.52. The van der Waals surface area contributed by atoms with Gasteiger partial charge in [0.05, 0.1) is 0 Å². The van der Waals surface area contributed by atoms with Gasteiger partial charge in [0.2, 0.25) is 0 Å². The Hall–Kier alpha value is 0.170. The van der Waals surface area contributed by atoms with Gasteiger partial charge in [-0.1, -0.05) is 6.42 Å². The average Bonchev–Trinajstić information content (AvgIpc) is 2.64. The van der Waals surface area contributed by atoms with Gasteiger partial charge in [-0.2, -0.15) is 0 Å². The molecule has 0 spiro atoms. The van der Waals surface area contributed by atoms with Crippen LogP contribution in [-0.2, 0) is 0 Å². The molecule has 0 aromatic heterocycles. The molecular weight excluding hydrogens is 258 g/mol. The molecule has 19 heavy (non-hydrogen) atoms. The molecule has 2 aliphatic rings. The van der Waals surface area contributed by atoms with E-state index in [2.05, 4.69) is 21.7 Å². The van der Waals surface area contributed by atoms with Gasteiger partial charge in [-0.3, -0.25) is 0 Å². The van der Waals surface area contributed by atoms with Crippen molar-refractivity contribution in [2.24, 2.45) is 0 Å². The summed E-state index contributed by atoms with van der Waals surface area (Å²) >= 11 is 5.84.